The van der Waals surface area contributed by atoms with Crippen LogP contribution in [0.3, 0.4) is 0 Å². The smallest absolute Gasteiger partial charge is 0.545 e. The van der Waals surface area contributed by atoms with Gasteiger partial charge in [-0.05, 0) is 84.9 Å². The van der Waals surface area contributed by atoms with Gasteiger partial charge in [0, 0.05) is 88.3 Å². The molecule has 86 heavy (non-hydrogen) atoms. The Balaban J connectivity index is 0.000000491. The molecule has 0 unspecified atom stereocenters. The van der Waals surface area contributed by atoms with Crippen LogP contribution in [0, 0.1) is 76.3 Å². The van der Waals surface area contributed by atoms with Crippen molar-refractivity contribution in [3.63, 3.8) is 0 Å². The fourth-order valence-corrected chi connectivity index (χ4v) is 7.09. The first-order valence-corrected chi connectivity index (χ1v) is 25.9. The monoisotopic (exact) mass is 1570 g/mol. The molecule has 4 heterocycles. The molecular formula is C62H40Cl6Dy2N4O12. The number of carbonyl (C=O) groups excluding carboxylic acids is 6. The number of hydrogen-bond donors (Lipinski definition) is 0. The number of pyridine rings is 4. The average molecular weight is 1570 g/mol. The van der Waals surface area contributed by atoms with Gasteiger partial charge < -0.3 is 59.4 Å². The summed E-state index contributed by atoms with van der Waals surface area (Å²) in [6.07, 6.45) is 7.07. The second kappa shape index (κ2) is 43.6. The number of hydrogen-bond acceptors (Lipinski definition) is 16. The van der Waals surface area contributed by atoms with Crippen molar-refractivity contribution in [2.45, 2.75) is 0 Å². The number of carboxylic acid groups (broad SMARTS) is 6. The molecule has 0 N–H and O–H groups in total. The van der Waals surface area contributed by atoms with E-state index in [2.05, 4.69) is 19.9 Å². The number of nitrogens with zero attached hydrogens (tertiary/aromatic N) is 4. The maximum Gasteiger partial charge on any atom is 3.00 e. The SMILES string of the molecule is O=C([O-])c1ccccc1Cl.O=C([O-])c1ccccc1Cl.O=C([O-])c1ccccc1Cl.O=C([O-])c1ccccc1Cl.O=C([O-])c1ccccc1Cl.O=C([O-])c1ccccc1Cl.[Dy+3].[Dy+3].c1ccc(-c2ccccn2)nc1.c1ccc(-c2ccccn2)nc1. The van der Waals surface area contributed by atoms with Gasteiger partial charge >= 0.3 is 76.3 Å². The third kappa shape index (κ3) is 29.4. The summed E-state index contributed by atoms with van der Waals surface area (Å²) in [5, 5.41) is 62.6. The van der Waals surface area contributed by atoms with E-state index in [0.717, 1.165) is 22.8 Å². The van der Waals surface area contributed by atoms with Gasteiger partial charge in [0.2, 0.25) is 0 Å². The maximum atomic E-state index is 10.2. The van der Waals surface area contributed by atoms with Crippen LogP contribution in [0.4, 0.5) is 0 Å². The van der Waals surface area contributed by atoms with E-state index in [4.69, 9.17) is 69.6 Å². The van der Waals surface area contributed by atoms with Crippen LogP contribution in [0.15, 0.2) is 243 Å². The minimum atomic E-state index is -1.24. The summed E-state index contributed by atoms with van der Waals surface area (Å²) >= 11 is 33.0. The summed E-state index contributed by atoms with van der Waals surface area (Å²) in [6, 6.07) is 60.2. The van der Waals surface area contributed by atoms with Gasteiger partial charge in [-0.15, -0.1) is 0 Å². The van der Waals surface area contributed by atoms with Crippen LogP contribution in [-0.2, 0) is 0 Å². The largest absolute Gasteiger partial charge is 3.00 e. The van der Waals surface area contributed by atoms with E-state index in [0.29, 0.717) is 0 Å². The molecule has 10 rings (SSSR count). The molecule has 6 aromatic carbocycles. The molecule has 0 amide bonds. The summed E-state index contributed by atoms with van der Waals surface area (Å²) < 4.78 is 0. The molecule has 442 valence electrons. The summed E-state index contributed by atoms with van der Waals surface area (Å²) in [4.78, 5) is 78.1. The summed E-state index contributed by atoms with van der Waals surface area (Å²) in [5.74, 6) is -7.47. The van der Waals surface area contributed by atoms with Crippen LogP contribution in [0.2, 0.25) is 30.1 Å². The maximum absolute atomic E-state index is 10.2. The second-order valence-electron chi connectivity index (χ2n) is 15.5. The first-order chi connectivity index (χ1) is 40.2. The van der Waals surface area contributed by atoms with Gasteiger partial charge in [-0.3, -0.25) is 19.9 Å². The quantitative estimate of drug-likeness (QED) is 0.138. The zero-order chi connectivity index (χ0) is 61.8. The van der Waals surface area contributed by atoms with Gasteiger partial charge in [0.25, 0.3) is 0 Å². The van der Waals surface area contributed by atoms with Crippen molar-refractivity contribution in [1.29, 1.82) is 0 Å². The van der Waals surface area contributed by atoms with E-state index < -0.39 is 35.8 Å². The molecular weight excluding hydrogens is 1530 g/mol. The molecule has 0 fully saturated rings. The molecule has 0 saturated carbocycles. The number of aromatic carboxylic acids is 6. The Morgan fingerprint density at radius 1 is 0.221 bits per heavy atom. The van der Waals surface area contributed by atoms with E-state index in [1.807, 2.05) is 72.8 Å². The van der Waals surface area contributed by atoms with Gasteiger partial charge in [-0.25, -0.2) is 0 Å². The number of carboxylic acids is 6. The Morgan fingerprint density at radius 3 is 0.442 bits per heavy atom. The molecule has 10 aromatic rings. The topological polar surface area (TPSA) is 292 Å². The van der Waals surface area contributed by atoms with Crippen LogP contribution >= 0.6 is 69.6 Å². The Bertz CT molecular complexity index is 3120. The van der Waals surface area contributed by atoms with Crippen molar-refractivity contribution in [3.05, 3.63) is 307 Å². The number of rotatable bonds is 8. The van der Waals surface area contributed by atoms with E-state index in [1.54, 1.807) is 97.6 Å². The van der Waals surface area contributed by atoms with E-state index >= 15 is 0 Å². The van der Waals surface area contributed by atoms with Crippen LogP contribution in [0.5, 0.6) is 0 Å². The average Bonchev–Trinajstić information content (AvgIpc) is 3.61. The van der Waals surface area contributed by atoms with Crippen molar-refractivity contribution < 1.29 is 136 Å². The van der Waals surface area contributed by atoms with Gasteiger partial charge in [-0.1, -0.05) is 203 Å². The molecule has 0 aliphatic rings. The van der Waals surface area contributed by atoms with Crippen LogP contribution in [-0.4, -0.2) is 55.8 Å². The van der Waals surface area contributed by atoms with Gasteiger partial charge in [-0.2, -0.15) is 0 Å². The van der Waals surface area contributed by atoms with Gasteiger partial charge in [0.15, 0.2) is 0 Å². The van der Waals surface area contributed by atoms with Crippen molar-refractivity contribution in [2.75, 3.05) is 0 Å². The minimum Gasteiger partial charge on any atom is -0.545 e. The second-order valence-corrected chi connectivity index (χ2v) is 17.9. The minimum absolute atomic E-state index is 0. The number of aromatic nitrogens is 4. The predicted molar refractivity (Wildman–Crippen MR) is 310 cm³/mol. The number of carbonyl (C=O) groups is 6. The molecule has 0 atom stereocenters. The van der Waals surface area contributed by atoms with Crippen molar-refractivity contribution in [2.24, 2.45) is 0 Å². The normalized spacial score (nSPS) is 9.19. The predicted octanol–water partition coefficient (Wildman–Crippen LogP) is 8.51. The third-order valence-electron chi connectivity index (χ3n) is 9.75. The fraction of sp³-hybridized carbons (Fsp3) is 0. The molecule has 16 nitrogen and oxygen atoms in total. The van der Waals surface area contributed by atoms with Gasteiger partial charge in [0.1, 0.15) is 0 Å². The van der Waals surface area contributed by atoms with Crippen LogP contribution in [0.25, 0.3) is 22.8 Å². The van der Waals surface area contributed by atoms with Crippen LogP contribution in [0.1, 0.15) is 62.1 Å². The molecule has 4 aromatic heterocycles. The van der Waals surface area contributed by atoms with E-state index in [9.17, 15) is 59.4 Å². The van der Waals surface area contributed by atoms with Gasteiger partial charge in [0.05, 0.1) is 58.6 Å². The Labute approximate surface area is 584 Å². The molecule has 0 aliphatic carbocycles. The first kappa shape index (κ1) is 77.0. The summed E-state index contributed by atoms with van der Waals surface area (Å²) in [5.41, 5.74) is 3.85. The number of benzene rings is 6. The summed E-state index contributed by atoms with van der Waals surface area (Å²) in [6.45, 7) is 0. The van der Waals surface area contributed by atoms with Crippen molar-refractivity contribution in [3.8, 4) is 22.8 Å². The van der Waals surface area contributed by atoms with Crippen LogP contribution < -0.4 is 30.6 Å². The molecule has 24 heteroatoms. The standard InChI is InChI=1S/2C10H8N2.6C7H5ClO2.2Dy/c2*1-3-7-11-9(5-1)10-6-2-4-8-12-10;6*8-6-4-2-1-3-5(6)7(9)10;;/h2*1-8H;6*1-4H,(H,9,10);;/q;;;;;;;;2*+3/p-6. The Hall–Kier alpha value is -6.97. The van der Waals surface area contributed by atoms with Crippen molar-refractivity contribution in [1.82, 2.24) is 19.9 Å². The molecule has 0 bridgehead atoms. The zero-order valence-corrected chi connectivity index (χ0v) is 52.3. The van der Waals surface area contributed by atoms with E-state index in [1.165, 1.54) is 72.8 Å². The molecule has 0 saturated heterocycles. The number of halogens is 6. The molecule has 2 radical (unpaired) electrons. The Morgan fingerprint density at radius 2 is 0.349 bits per heavy atom. The van der Waals surface area contributed by atoms with E-state index in [-0.39, 0.29) is 140 Å². The fourth-order valence-electron chi connectivity index (χ4n) is 5.82. The van der Waals surface area contributed by atoms with Crippen molar-refractivity contribution >= 4 is 105 Å². The first-order valence-electron chi connectivity index (χ1n) is 23.6. The zero-order valence-electron chi connectivity index (χ0n) is 43.7. The summed E-state index contributed by atoms with van der Waals surface area (Å²) in [7, 11) is 0. The molecule has 0 aliphatic heterocycles. The Kier molecular flexibility index (Phi) is 39.1. The molecule has 0 spiro atoms. The third-order valence-corrected chi connectivity index (χ3v) is 11.7.